The van der Waals surface area contributed by atoms with Gasteiger partial charge in [-0.2, -0.15) is 0 Å². The van der Waals surface area contributed by atoms with Gasteiger partial charge in [0.05, 0.1) is 16.4 Å². The number of hydrogen-bond acceptors (Lipinski definition) is 9. The number of hydrogen-bond donors (Lipinski definition) is 5. The van der Waals surface area contributed by atoms with E-state index in [1.807, 2.05) is 6.92 Å². The van der Waals surface area contributed by atoms with Crippen LogP contribution in [-0.2, 0) is 24.4 Å². The van der Waals surface area contributed by atoms with Gasteiger partial charge in [0.2, 0.25) is 27.7 Å². The number of rotatable bonds is 13. The van der Waals surface area contributed by atoms with Crippen LogP contribution in [0.4, 0.5) is 11.4 Å². The average Bonchev–Trinajstić information content (AvgIpc) is 3.44. The molecule has 0 saturated carbocycles. The summed E-state index contributed by atoms with van der Waals surface area (Å²) in [6, 6.07) is 9.65. The van der Waals surface area contributed by atoms with Crippen molar-refractivity contribution in [3.05, 3.63) is 64.2 Å². The van der Waals surface area contributed by atoms with Crippen molar-refractivity contribution in [3.63, 3.8) is 0 Å². The smallest absolute Gasteiger partial charge is 0.269 e. The number of non-ortho nitro benzene ring substituents is 1. The Morgan fingerprint density at radius 2 is 1.79 bits per heavy atom. The van der Waals surface area contributed by atoms with Crippen LogP contribution in [0.15, 0.2) is 58.4 Å². The molecule has 1 aliphatic rings. The number of imide groups is 1. The third-order valence-corrected chi connectivity index (χ3v) is 7.96. The maximum absolute atomic E-state index is 13.1. The average molecular weight is 603 g/mol. The van der Waals surface area contributed by atoms with E-state index in [4.69, 9.17) is 11.5 Å². The second kappa shape index (κ2) is 14.4. The summed E-state index contributed by atoms with van der Waals surface area (Å²) in [6.45, 7) is 1.71. The zero-order chi connectivity index (χ0) is 30.9. The Morgan fingerprint density at radius 3 is 2.40 bits per heavy atom. The van der Waals surface area contributed by atoms with E-state index < -0.39 is 51.3 Å². The zero-order valence-electron chi connectivity index (χ0n) is 23.0. The molecule has 15 nitrogen and oxygen atoms in total. The van der Waals surface area contributed by atoms with Crippen molar-refractivity contribution in [2.24, 2.45) is 16.5 Å². The Labute approximate surface area is 242 Å². The molecule has 226 valence electrons. The minimum Gasteiger partial charge on any atom is -0.374 e. The number of aliphatic imine (C=N–C) groups is 1. The van der Waals surface area contributed by atoms with Crippen molar-refractivity contribution in [2.75, 3.05) is 25.0 Å². The van der Waals surface area contributed by atoms with Gasteiger partial charge in [0, 0.05) is 30.9 Å². The number of amides is 3. The Kier molecular flexibility index (Phi) is 10.9. The first-order chi connectivity index (χ1) is 19.9. The van der Waals surface area contributed by atoms with Crippen molar-refractivity contribution >= 4 is 45.1 Å². The normalized spacial score (nSPS) is 15.5. The highest BCUT2D eigenvalue weighted by atomic mass is 32.2. The van der Waals surface area contributed by atoms with E-state index in [1.165, 1.54) is 41.3 Å². The van der Waals surface area contributed by atoms with Crippen LogP contribution in [0.2, 0.25) is 0 Å². The summed E-state index contributed by atoms with van der Waals surface area (Å²) in [6.07, 6.45) is 1.37. The highest BCUT2D eigenvalue weighted by Crippen LogP contribution is 2.20. The van der Waals surface area contributed by atoms with Crippen LogP contribution in [0.25, 0.3) is 0 Å². The number of aryl methyl sites for hydroxylation is 1. The molecule has 0 aliphatic carbocycles. The second-order valence-corrected chi connectivity index (χ2v) is 11.5. The topological polar surface area (TPSA) is 232 Å². The maximum Gasteiger partial charge on any atom is 0.269 e. The lowest BCUT2D eigenvalue weighted by atomic mass is 10.1. The molecule has 3 rings (SSSR count). The zero-order valence-corrected chi connectivity index (χ0v) is 23.8. The maximum atomic E-state index is 13.1. The first-order valence-electron chi connectivity index (χ1n) is 13.1. The fraction of sp³-hybridized carbons (Fsp3) is 0.385. The Bertz CT molecular complexity index is 1430. The number of benzene rings is 2. The van der Waals surface area contributed by atoms with Gasteiger partial charge in [-0.1, -0.05) is 17.7 Å². The number of sulfonamides is 1. The molecule has 0 bridgehead atoms. The van der Waals surface area contributed by atoms with E-state index >= 15 is 0 Å². The number of nitrogens with one attached hydrogen (secondary N) is 3. The van der Waals surface area contributed by atoms with E-state index in [2.05, 4.69) is 20.3 Å². The van der Waals surface area contributed by atoms with Gasteiger partial charge in [-0.3, -0.25) is 34.8 Å². The van der Waals surface area contributed by atoms with Gasteiger partial charge in [-0.15, -0.1) is 0 Å². The summed E-state index contributed by atoms with van der Waals surface area (Å²) < 4.78 is 27.4. The predicted molar refractivity (Wildman–Crippen MR) is 155 cm³/mol. The molecule has 7 N–H and O–H groups in total. The van der Waals surface area contributed by atoms with E-state index in [-0.39, 0.29) is 36.1 Å². The fourth-order valence-electron chi connectivity index (χ4n) is 4.34. The molecule has 3 amide bonds. The summed E-state index contributed by atoms with van der Waals surface area (Å²) in [7, 11) is -3.95. The molecule has 2 aromatic carbocycles. The van der Waals surface area contributed by atoms with Crippen molar-refractivity contribution in [2.45, 2.75) is 49.6 Å². The quantitative estimate of drug-likeness (QED) is 0.0694. The highest BCUT2D eigenvalue weighted by molar-refractivity contribution is 7.89. The van der Waals surface area contributed by atoms with Crippen LogP contribution < -0.4 is 26.8 Å². The summed E-state index contributed by atoms with van der Waals surface area (Å²) in [5.74, 6) is -2.09. The number of nitrogens with zero attached hydrogens (tertiary/aromatic N) is 3. The van der Waals surface area contributed by atoms with Gasteiger partial charge >= 0.3 is 0 Å². The van der Waals surface area contributed by atoms with Gasteiger partial charge in [-0.25, -0.2) is 13.1 Å². The van der Waals surface area contributed by atoms with E-state index in [9.17, 15) is 32.9 Å². The fourth-order valence-corrected chi connectivity index (χ4v) is 5.32. The van der Waals surface area contributed by atoms with Crippen LogP contribution in [0.1, 0.15) is 31.2 Å². The van der Waals surface area contributed by atoms with Crippen molar-refractivity contribution in [1.29, 1.82) is 0 Å². The molecule has 2 aromatic rings. The first-order valence-corrected chi connectivity index (χ1v) is 14.6. The minimum absolute atomic E-state index is 0.00798. The molecule has 0 unspecified atom stereocenters. The Balaban J connectivity index is 1.64. The summed E-state index contributed by atoms with van der Waals surface area (Å²) in [5.41, 5.74) is 11.9. The minimum atomic E-state index is -3.95. The third kappa shape index (κ3) is 8.97. The van der Waals surface area contributed by atoms with E-state index in [1.54, 1.807) is 12.1 Å². The third-order valence-electron chi connectivity index (χ3n) is 6.55. The highest BCUT2D eigenvalue weighted by Gasteiger charge is 2.36. The molecule has 16 heteroatoms. The number of nitrogens with two attached hydrogens (primary N) is 2. The molecule has 2 atom stereocenters. The Morgan fingerprint density at radius 1 is 1.12 bits per heavy atom. The molecule has 1 aliphatic heterocycles. The van der Waals surface area contributed by atoms with E-state index in [0.29, 0.717) is 24.9 Å². The number of nitro groups is 1. The van der Waals surface area contributed by atoms with Crippen LogP contribution >= 0.6 is 0 Å². The molecule has 1 saturated heterocycles. The van der Waals surface area contributed by atoms with Crippen LogP contribution in [0.5, 0.6) is 0 Å². The van der Waals surface area contributed by atoms with Crippen molar-refractivity contribution < 1.29 is 27.7 Å². The number of anilines is 1. The molecule has 0 aromatic heterocycles. The molecule has 1 heterocycles. The molecule has 1 fully saturated rings. The van der Waals surface area contributed by atoms with E-state index in [0.717, 1.165) is 5.56 Å². The van der Waals surface area contributed by atoms with Crippen LogP contribution in [-0.4, -0.2) is 73.6 Å². The monoisotopic (exact) mass is 602 g/mol. The van der Waals surface area contributed by atoms with Crippen molar-refractivity contribution in [3.8, 4) is 0 Å². The molecule has 0 radical (unpaired) electrons. The van der Waals surface area contributed by atoms with Gasteiger partial charge in [0.1, 0.15) is 12.1 Å². The first kappa shape index (κ1) is 32.0. The van der Waals surface area contributed by atoms with Crippen LogP contribution in [0, 0.1) is 17.0 Å². The van der Waals surface area contributed by atoms with Gasteiger partial charge in [0.15, 0.2) is 5.96 Å². The summed E-state index contributed by atoms with van der Waals surface area (Å²) >= 11 is 0. The predicted octanol–water partition coefficient (Wildman–Crippen LogP) is 0.350. The number of guanidine groups is 1. The molecule has 42 heavy (non-hydrogen) atoms. The molecule has 0 spiro atoms. The lowest BCUT2D eigenvalue weighted by Gasteiger charge is -2.25. The number of likely N-dealkylation sites (tertiary alicyclic amines) is 1. The SMILES string of the molecule is Cc1ccc(S(=O)(=O)NCC(=O)N2CCC[C@H]2C(=O)NC(=O)[C@H](CCCN=C(N)N)Nc2ccc([N+](=O)[O-])cc2)cc1. The molecular formula is C26H34N8O7S. The lowest BCUT2D eigenvalue weighted by Crippen LogP contribution is -2.52. The second-order valence-electron chi connectivity index (χ2n) is 9.69. The lowest BCUT2D eigenvalue weighted by molar-refractivity contribution is -0.384. The summed E-state index contributed by atoms with van der Waals surface area (Å²) in [5, 5.41) is 16.3. The van der Waals surface area contributed by atoms with Crippen LogP contribution in [0.3, 0.4) is 0 Å². The largest absolute Gasteiger partial charge is 0.374 e. The number of carbonyl (C=O) groups is 3. The Hall–Kier alpha value is -4.57. The van der Waals surface area contributed by atoms with Crippen molar-refractivity contribution in [1.82, 2.24) is 14.9 Å². The number of carbonyl (C=O) groups excluding carboxylic acids is 3. The van der Waals surface area contributed by atoms with Gasteiger partial charge in [-0.05, 0) is 56.9 Å². The number of nitro benzene ring substituents is 1. The van der Waals surface area contributed by atoms with Gasteiger partial charge < -0.3 is 21.7 Å². The molecular weight excluding hydrogens is 568 g/mol. The van der Waals surface area contributed by atoms with Gasteiger partial charge in [0.25, 0.3) is 5.69 Å². The summed E-state index contributed by atoms with van der Waals surface area (Å²) in [4.78, 5) is 54.7. The standard InChI is InChI=1S/C26H34N8O7S/c1-17-6-12-20(13-7-17)42(40,41)30-16-23(35)33-15-3-5-22(33)25(37)32-24(36)21(4-2-14-29-26(27)28)31-18-8-10-19(11-9-18)34(38)39/h6-13,21-22,30-31H,2-5,14-16H2,1H3,(H4,27,28,29)(H,32,36,37)/t21-,22-/m0/s1.